The number of hydrogen-bond donors (Lipinski definition) is 0. The Labute approximate surface area is 156 Å². The second kappa shape index (κ2) is 5.99. The van der Waals surface area contributed by atoms with E-state index >= 15 is 0 Å². The Hall–Kier alpha value is -3.60. The number of anilines is 2. The number of hydrogen-bond acceptors (Lipinski definition) is 4. The molecular formula is C22H18N4O. The summed E-state index contributed by atoms with van der Waals surface area (Å²) in [5.74, 6) is 0.880. The molecule has 0 bridgehead atoms. The Morgan fingerprint density at radius 1 is 1.00 bits per heavy atom. The molecule has 0 N–H and O–H groups in total. The van der Waals surface area contributed by atoms with Crippen molar-refractivity contribution in [3.05, 3.63) is 78.9 Å². The van der Waals surface area contributed by atoms with E-state index in [1.54, 1.807) is 12.5 Å². The van der Waals surface area contributed by atoms with Crippen LogP contribution in [0.1, 0.15) is 5.56 Å². The normalized spacial score (nSPS) is 11.3. The smallest absolute Gasteiger partial charge is 0.143 e. The van der Waals surface area contributed by atoms with Crippen molar-refractivity contribution in [2.24, 2.45) is 0 Å². The molecule has 27 heavy (non-hydrogen) atoms. The van der Waals surface area contributed by atoms with Crippen molar-refractivity contribution in [1.82, 2.24) is 14.4 Å². The molecule has 0 aliphatic rings. The van der Waals surface area contributed by atoms with Gasteiger partial charge in [-0.25, -0.2) is 9.97 Å². The molecule has 5 aromatic rings. The lowest BCUT2D eigenvalue weighted by atomic mass is 10.0. The van der Waals surface area contributed by atoms with Gasteiger partial charge >= 0.3 is 0 Å². The fourth-order valence-electron chi connectivity index (χ4n) is 3.58. The quantitative estimate of drug-likeness (QED) is 0.446. The third kappa shape index (κ3) is 2.47. The van der Waals surface area contributed by atoms with Crippen molar-refractivity contribution < 1.29 is 4.42 Å². The fraction of sp³-hybridized carbons (Fsp3) is 0.0909. The van der Waals surface area contributed by atoms with E-state index in [1.807, 2.05) is 43.7 Å². The number of pyridine rings is 2. The monoisotopic (exact) mass is 354 g/mol. The second-order valence-corrected chi connectivity index (χ2v) is 6.59. The number of furan rings is 1. The van der Waals surface area contributed by atoms with Crippen LogP contribution in [0.5, 0.6) is 0 Å². The summed E-state index contributed by atoms with van der Waals surface area (Å²) in [5, 5.41) is 1.00. The first-order valence-electron chi connectivity index (χ1n) is 8.81. The van der Waals surface area contributed by atoms with Crippen molar-refractivity contribution in [2.45, 2.75) is 6.92 Å². The first-order valence-corrected chi connectivity index (χ1v) is 8.81. The van der Waals surface area contributed by atoms with Gasteiger partial charge in [0.15, 0.2) is 0 Å². The van der Waals surface area contributed by atoms with Crippen LogP contribution in [0.25, 0.3) is 27.9 Å². The van der Waals surface area contributed by atoms with Gasteiger partial charge in [-0.2, -0.15) is 0 Å². The van der Waals surface area contributed by atoms with E-state index in [9.17, 15) is 0 Å². The van der Waals surface area contributed by atoms with Crippen molar-refractivity contribution >= 4 is 28.1 Å². The van der Waals surface area contributed by atoms with Gasteiger partial charge in [0, 0.05) is 36.9 Å². The standard InChI is InChI=1S/C22H18N4O/c1-15-14-16(25(2)22-18-9-13-27-20(18)8-10-24-22)6-7-17(15)19-4-3-5-21-23-11-12-26(19)21/h3-14H,1-2H3. The highest BCUT2D eigenvalue weighted by molar-refractivity contribution is 5.90. The molecule has 0 aliphatic heterocycles. The van der Waals surface area contributed by atoms with Crippen molar-refractivity contribution in [1.29, 1.82) is 0 Å². The lowest BCUT2D eigenvalue weighted by Crippen LogP contribution is -2.11. The number of rotatable bonds is 3. The molecule has 4 heterocycles. The van der Waals surface area contributed by atoms with Crippen LogP contribution in [0.3, 0.4) is 0 Å². The van der Waals surface area contributed by atoms with Crippen LogP contribution < -0.4 is 4.90 Å². The van der Waals surface area contributed by atoms with Crippen LogP contribution >= 0.6 is 0 Å². The molecule has 0 unspecified atom stereocenters. The zero-order chi connectivity index (χ0) is 18.4. The van der Waals surface area contributed by atoms with Crippen LogP contribution in [0, 0.1) is 6.92 Å². The molecule has 0 amide bonds. The molecule has 0 saturated heterocycles. The first-order chi connectivity index (χ1) is 13.2. The Morgan fingerprint density at radius 2 is 1.93 bits per heavy atom. The van der Waals surface area contributed by atoms with Gasteiger partial charge in [-0.05, 0) is 48.9 Å². The van der Waals surface area contributed by atoms with Gasteiger partial charge < -0.3 is 9.32 Å². The number of aromatic nitrogens is 3. The predicted molar refractivity (Wildman–Crippen MR) is 107 cm³/mol. The molecule has 5 nitrogen and oxygen atoms in total. The van der Waals surface area contributed by atoms with Crippen molar-refractivity contribution in [3.8, 4) is 11.3 Å². The van der Waals surface area contributed by atoms with Crippen molar-refractivity contribution in [3.63, 3.8) is 0 Å². The van der Waals surface area contributed by atoms with E-state index in [4.69, 9.17) is 4.42 Å². The Kier molecular flexibility index (Phi) is 3.47. The molecule has 0 spiro atoms. The van der Waals surface area contributed by atoms with E-state index in [2.05, 4.69) is 50.5 Å². The van der Waals surface area contributed by atoms with Crippen LogP contribution in [0.15, 0.2) is 77.8 Å². The highest BCUT2D eigenvalue weighted by Crippen LogP contribution is 2.33. The summed E-state index contributed by atoms with van der Waals surface area (Å²) in [4.78, 5) is 11.0. The molecular weight excluding hydrogens is 336 g/mol. The first kappa shape index (κ1) is 15.6. The minimum atomic E-state index is 0.840. The van der Waals surface area contributed by atoms with Crippen LogP contribution in [-0.2, 0) is 0 Å². The molecule has 0 fully saturated rings. The number of fused-ring (bicyclic) bond motifs is 2. The number of imidazole rings is 1. The lowest BCUT2D eigenvalue weighted by molar-refractivity contribution is 0.615. The van der Waals surface area contributed by atoms with E-state index in [-0.39, 0.29) is 0 Å². The van der Waals surface area contributed by atoms with Crippen LogP contribution in [0.2, 0.25) is 0 Å². The maximum atomic E-state index is 5.50. The molecule has 4 aromatic heterocycles. The molecule has 5 rings (SSSR count). The summed E-state index contributed by atoms with van der Waals surface area (Å²) in [6.07, 6.45) is 7.30. The predicted octanol–water partition coefficient (Wildman–Crippen LogP) is 5.22. The third-order valence-corrected chi connectivity index (χ3v) is 4.98. The number of aryl methyl sites for hydroxylation is 1. The summed E-state index contributed by atoms with van der Waals surface area (Å²) >= 11 is 0. The highest BCUT2D eigenvalue weighted by Gasteiger charge is 2.13. The summed E-state index contributed by atoms with van der Waals surface area (Å²) in [6, 6.07) is 16.5. The van der Waals surface area contributed by atoms with E-state index in [1.165, 1.54) is 11.1 Å². The number of nitrogens with zero attached hydrogens (tertiary/aromatic N) is 4. The van der Waals surface area contributed by atoms with Gasteiger partial charge in [0.25, 0.3) is 0 Å². The fourth-order valence-corrected chi connectivity index (χ4v) is 3.58. The SMILES string of the molecule is Cc1cc(N(C)c2nccc3occc23)ccc1-c1cccc2nccn12. The maximum Gasteiger partial charge on any atom is 0.143 e. The lowest BCUT2D eigenvalue weighted by Gasteiger charge is -2.20. The average molecular weight is 354 g/mol. The summed E-state index contributed by atoms with van der Waals surface area (Å²) in [5.41, 5.74) is 6.38. The van der Waals surface area contributed by atoms with E-state index in [0.29, 0.717) is 0 Å². The Balaban J connectivity index is 1.59. The zero-order valence-electron chi connectivity index (χ0n) is 15.1. The van der Waals surface area contributed by atoms with Gasteiger partial charge in [0.1, 0.15) is 17.0 Å². The van der Waals surface area contributed by atoms with E-state index < -0.39 is 0 Å². The summed E-state index contributed by atoms with van der Waals surface area (Å²) in [6.45, 7) is 2.13. The topological polar surface area (TPSA) is 46.6 Å². The second-order valence-electron chi connectivity index (χ2n) is 6.59. The highest BCUT2D eigenvalue weighted by atomic mass is 16.3. The average Bonchev–Trinajstić information content (AvgIpc) is 3.36. The molecule has 0 radical (unpaired) electrons. The summed E-state index contributed by atoms with van der Waals surface area (Å²) in [7, 11) is 2.03. The maximum absolute atomic E-state index is 5.50. The molecule has 0 aliphatic carbocycles. The minimum Gasteiger partial charge on any atom is -0.464 e. The third-order valence-electron chi connectivity index (χ3n) is 4.98. The van der Waals surface area contributed by atoms with E-state index in [0.717, 1.165) is 33.8 Å². The molecule has 1 aromatic carbocycles. The van der Waals surface area contributed by atoms with Crippen LogP contribution in [-0.4, -0.2) is 21.4 Å². The van der Waals surface area contributed by atoms with Gasteiger partial charge in [-0.15, -0.1) is 0 Å². The minimum absolute atomic E-state index is 0.840. The molecule has 0 saturated carbocycles. The zero-order valence-corrected chi connectivity index (χ0v) is 15.1. The van der Waals surface area contributed by atoms with Gasteiger partial charge in [-0.1, -0.05) is 12.1 Å². The summed E-state index contributed by atoms with van der Waals surface area (Å²) < 4.78 is 7.61. The molecule has 5 heteroatoms. The Bertz CT molecular complexity index is 1270. The molecule has 132 valence electrons. The number of benzene rings is 1. The molecule has 0 atom stereocenters. The van der Waals surface area contributed by atoms with Gasteiger partial charge in [0.05, 0.1) is 17.3 Å². The van der Waals surface area contributed by atoms with Crippen molar-refractivity contribution in [2.75, 3.05) is 11.9 Å². The van der Waals surface area contributed by atoms with Crippen LogP contribution in [0.4, 0.5) is 11.5 Å². The largest absolute Gasteiger partial charge is 0.464 e. The van der Waals surface area contributed by atoms with Gasteiger partial charge in [-0.3, -0.25) is 4.40 Å². The Morgan fingerprint density at radius 3 is 2.81 bits per heavy atom. The van der Waals surface area contributed by atoms with Gasteiger partial charge in [0.2, 0.25) is 0 Å².